The third kappa shape index (κ3) is 4.29. The number of carbonyl (C=O) groups is 2. The van der Waals surface area contributed by atoms with E-state index in [4.69, 9.17) is 0 Å². The van der Waals surface area contributed by atoms with Gasteiger partial charge in [-0.25, -0.2) is 8.42 Å². The first-order chi connectivity index (χ1) is 13.2. The van der Waals surface area contributed by atoms with E-state index in [0.717, 1.165) is 0 Å². The van der Waals surface area contributed by atoms with Gasteiger partial charge in [-0.2, -0.15) is 0 Å². The summed E-state index contributed by atoms with van der Waals surface area (Å²) in [6.45, 7) is 4.62. The van der Waals surface area contributed by atoms with Gasteiger partial charge in [0.05, 0.1) is 11.5 Å². The van der Waals surface area contributed by atoms with E-state index in [9.17, 15) is 22.8 Å². The minimum atomic E-state index is -3.01. The molecular weight excluding hydrogens is 382 g/mol. The number of piperazine rings is 1. The molecule has 0 N–H and O–H groups in total. The molecule has 2 fully saturated rings. The predicted octanol–water partition coefficient (Wildman–Crippen LogP) is 0.121. The quantitative estimate of drug-likeness (QED) is 0.707. The molecule has 1 aromatic rings. The summed E-state index contributed by atoms with van der Waals surface area (Å²) < 4.78 is 24.6. The normalized spacial score (nSPS) is 25.5. The SMILES string of the molecule is C[C@@H]1[C@@H](C)N(C(=O)C2CCS(=O)(=O)CC2)CCN1C(=O)Cn1ccccc1=O. The van der Waals surface area contributed by atoms with E-state index in [1.165, 1.54) is 10.6 Å². The second kappa shape index (κ2) is 8.06. The van der Waals surface area contributed by atoms with E-state index in [-0.39, 0.29) is 53.4 Å². The molecule has 2 aliphatic rings. The summed E-state index contributed by atoms with van der Waals surface area (Å²) in [6.07, 6.45) is 2.34. The van der Waals surface area contributed by atoms with Crippen molar-refractivity contribution in [2.45, 2.75) is 45.3 Å². The van der Waals surface area contributed by atoms with Gasteiger partial charge in [0, 0.05) is 43.4 Å². The molecule has 0 unspecified atom stereocenters. The molecule has 28 heavy (non-hydrogen) atoms. The Morgan fingerprint density at radius 1 is 1.04 bits per heavy atom. The molecule has 154 valence electrons. The monoisotopic (exact) mass is 409 g/mol. The minimum Gasteiger partial charge on any atom is -0.336 e. The molecule has 2 saturated heterocycles. The van der Waals surface area contributed by atoms with Gasteiger partial charge in [-0.15, -0.1) is 0 Å². The fraction of sp³-hybridized carbons (Fsp3) is 0.632. The van der Waals surface area contributed by atoms with Crippen LogP contribution in [0.1, 0.15) is 26.7 Å². The highest BCUT2D eigenvalue weighted by atomic mass is 32.2. The molecule has 0 radical (unpaired) electrons. The standard InChI is InChI=1S/C19H27N3O5S/c1-14-15(2)22(19(25)16-6-11-28(26,27)12-7-16)10-9-21(14)18(24)13-20-8-4-3-5-17(20)23/h3-5,8,14-16H,6-7,9-13H2,1-2H3/t14-,15-/m1/s1. The summed E-state index contributed by atoms with van der Waals surface area (Å²) in [6, 6.07) is 4.41. The summed E-state index contributed by atoms with van der Waals surface area (Å²) >= 11 is 0. The van der Waals surface area contributed by atoms with Crippen molar-refractivity contribution >= 4 is 21.7 Å². The van der Waals surface area contributed by atoms with E-state index < -0.39 is 9.84 Å². The first kappa shape index (κ1) is 20.6. The lowest BCUT2D eigenvalue weighted by Crippen LogP contribution is -2.62. The van der Waals surface area contributed by atoms with Crippen LogP contribution in [-0.2, 0) is 26.0 Å². The fourth-order valence-electron chi connectivity index (χ4n) is 4.01. The molecule has 0 aromatic carbocycles. The van der Waals surface area contributed by atoms with Gasteiger partial charge in [0.15, 0.2) is 0 Å². The summed E-state index contributed by atoms with van der Waals surface area (Å²) in [4.78, 5) is 41.0. The van der Waals surface area contributed by atoms with Crippen LogP contribution >= 0.6 is 0 Å². The maximum Gasteiger partial charge on any atom is 0.250 e. The van der Waals surface area contributed by atoms with Crippen LogP contribution in [0.4, 0.5) is 0 Å². The lowest BCUT2D eigenvalue weighted by molar-refractivity contribution is -0.149. The van der Waals surface area contributed by atoms with Crippen molar-refractivity contribution in [2.24, 2.45) is 5.92 Å². The maximum atomic E-state index is 12.9. The topological polar surface area (TPSA) is 96.8 Å². The Labute approximate surface area is 165 Å². The summed E-state index contributed by atoms with van der Waals surface area (Å²) in [5.74, 6) is -0.289. The Morgan fingerprint density at radius 3 is 2.29 bits per heavy atom. The first-order valence-electron chi connectivity index (χ1n) is 9.65. The van der Waals surface area contributed by atoms with E-state index in [0.29, 0.717) is 25.9 Å². The number of nitrogens with zero attached hydrogens (tertiary/aromatic N) is 3. The van der Waals surface area contributed by atoms with Crippen molar-refractivity contribution in [1.82, 2.24) is 14.4 Å². The Kier molecular flexibility index (Phi) is 5.92. The van der Waals surface area contributed by atoms with E-state index in [2.05, 4.69) is 0 Å². The highest BCUT2D eigenvalue weighted by Gasteiger charge is 2.39. The van der Waals surface area contributed by atoms with Gasteiger partial charge in [-0.3, -0.25) is 14.4 Å². The lowest BCUT2D eigenvalue weighted by atomic mass is 9.97. The van der Waals surface area contributed by atoms with Crippen LogP contribution in [0.2, 0.25) is 0 Å². The van der Waals surface area contributed by atoms with Gasteiger partial charge in [-0.1, -0.05) is 6.07 Å². The molecule has 0 spiro atoms. The van der Waals surface area contributed by atoms with Gasteiger partial charge >= 0.3 is 0 Å². The Balaban J connectivity index is 1.64. The van der Waals surface area contributed by atoms with Gasteiger partial charge in [0.2, 0.25) is 11.8 Å². The van der Waals surface area contributed by atoms with Crippen molar-refractivity contribution in [1.29, 1.82) is 0 Å². The van der Waals surface area contributed by atoms with E-state index in [1.807, 2.05) is 13.8 Å². The number of hydrogen-bond acceptors (Lipinski definition) is 5. The minimum absolute atomic E-state index is 0.0133. The van der Waals surface area contributed by atoms with Gasteiger partial charge in [0.1, 0.15) is 16.4 Å². The molecule has 3 heterocycles. The molecule has 2 aliphatic heterocycles. The van der Waals surface area contributed by atoms with Crippen molar-refractivity contribution in [3.05, 3.63) is 34.7 Å². The van der Waals surface area contributed by atoms with Crippen molar-refractivity contribution < 1.29 is 18.0 Å². The summed E-state index contributed by atoms with van der Waals surface area (Å²) in [5.41, 5.74) is -0.224. The Hall–Kier alpha value is -2.16. The zero-order chi connectivity index (χ0) is 20.5. The number of sulfone groups is 1. The van der Waals surface area contributed by atoms with Crippen LogP contribution in [-0.4, -0.2) is 71.3 Å². The second-order valence-electron chi connectivity index (χ2n) is 7.69. The van der Waals surface area contributed by atoms with Gasteiger partial charge in [0.25, 0.3) is 5.56 Å². The van der Waals surface area contributed by atoms with Gasteiger partial charge < -0.3 is 14.4 Å². The van der Waals surface area contributed by atoms with Crippen LogP contribution in [0.15, 0.2) is 29.2 Å². The van der Waals surface area contributed by atoms with Crippen LogP contribution in [0.25, 0.3) is 0 Å². The number of rotatable bonds is 3. The first-order valence-corrected chi connectivity index (χ1v) is 11.5. The summed E-state index contributed by atoms with van der Waals surface area (Å²) in [7, 11) is -3.01. The lowest BCUT2D eigenvalue weighted by Gasteiger charge is -2.46. The Bertz CT molecular complexity index is 896. The van der Waals surface area contributed by atoms with Crippen LogP contribution in [0.3, 0.4) is 0 Å². The van der Waals surface area contributed by atoms with Crippen LogP contribution < -0.4 is 5.56 Å². The number of pyridine rings is 1. The molecule has 3 rings (SSSR count). The van der Waals surface area contributed by atoms with E-state index >= 15 is 0 Å². The number of carbonyl (C=O) groups excluding carboxylic acids is 2. The van der Waals surface area contributed by atoms with Crippen LogP contribution in [0, 0.1) is 5.92 Å². The third-order valence-corrected chi connectivity index (χ3v) is 7.69. The zero-order valence-electron chi connectivity index (χ0n) is 16.3. The average Bonchev–Trinajstić information content (AvgIpc) is 2.65. The number of aromatic nitrogens is 1. The number of hydrogen-bond donors (Lipinski definition) is 0. The third-order valence-electron chi connectivity index (χ3n) is 5.98. The zero-order valence-corrected chi connectivity index (χ0v) is 17.1. The Morgan fingerprint density at radius 2 is 1.64 bits per heavy atom. The smallest absolute Gasteiger partial charge is 0.250 e. The maximum absolute atomic E-state index is 12.9. The number of amides is 2. The highest BCUT2D eigenvalue weighted by Crippen LogP contribution is 2.25. The second-order valence-corrected chi connectivity index (χ2v) is 10.00. The molecule has 2 atom stereocenters. The van der Waals surface area contributed by atoms with Gasteiger partial charge in [-0.05, 0) is 32.8 Å². The molecule has 0 bridgehead atoms. The predicted molar refractivity (Wildman–Crippen MR) is 104 cm³/mol. The average molecular weight is 410 g/mol. The summed E-state index contributed by atoms with van der Waals surface area (Å²) in [5, 5.41) is 0. The highest BCUT2D eigenvalue weighted by molar-refractivity contribution is 7.91. The van der Waals surface area contributed by atoms with E-state index in [1.54, 1.807) is 28.1 Å². The molecule has 1 aromatic heterocycles. The molecule has 0 aliphatic carbocycles. The van der Waals surface area contributed by atoms with Crippen LogP contribution in [0.5, 0.6) is 0 Å². The fourth-order valence-corrected chi connectivity index (χ4v) is 5.50. The van der Waals surface area contributed by atoms with Crippen molar-refractivity contribution in [3.8, 4) is 0 Å². The largest absolute Gasteiger partial charge is 0.336 e. The molecule has 0 saturated carbocycles. The van der Waals surface area contributed by atoms with Crippen molar-refractivity contribution in [3.63, 3.8) is 0 Å². The molecular formula is C19H27N3O5S. The molecule has 8 nitrogen and oxygen atoms in total. The van der Waals surface area contributed by atoms with Crippen molar-refractivity contribution in [2.75, 3.05) is 24.6 Å². The molecule has 9 heteroatoms. The molecule has 2 amide bonds.